The molecule has 2 rings (SSSR count). The van der Waals surface area contributed by atoms with Crippen molar-refractivity contribution in [2.75, 3.05) is 19.8 Å². The predicted molar refractivity (Wildman–Crippen MR) is 65.2 cm³/mol. The van der Waals surface area contributed by atoms with E-state index in [1.807, 2.05) is 12.2 Å². The van der Waals surface area contributed by atoms with Crippen molar-refractivity contribution in [2.24, 2.45) is 0 Å². The summed E-state index contributed by atoms with van der Waals surface area (Å²) >= 11 is 0. The fourth-order valence-electron chi connectivity index (χ4n) is 1.81. The minimum absolute atomic E-state index is 0.0731. The zero-order valence-corrected chi connectivity index (χ0v) is 10.0. The Morgan fingerprint density at radius 2 is 2.17 bits per heavy atom. The van der Waals surface area contributed by atoms with Gasteiger partial charge < -0.3 is 14.8 Å². The Bertz CT molecular complexity index is 395. The number of hydrogen-bond acceptors (Lipinski definition) is 5. The average molecular weight is 252 g/mol. The van der Waals surface area contributed by atoms with E-state index >= 15 is 0 Å². The van der Waals surface area contributed by atoms with Crippen molar-refractivity contribution in [2.45, 2.75) is 19.1 Å². The van der Waals surface area contributed by atoms with E-state index < -0.39 is 0 Å². The van der Waals surface area contributed by atoms with Crippen LogP contribution in [0.15, 0.2) is 35.7 Å². The van der Waals surface area contributed by atoms with Crippen LogP contribution in [0.1, 0.15) is 12.8 Å². The summed E-state index contributed by atoms with van der Waals surface area (Å²) in [6, 6.07) is 0. The van der Waals surface area contributed by atoms with E-state index in [-0.39, 0.29) is 16.9 Å². The number of ether oxygens (including phenoxy) is 2. The van der Waals surface area contributed by atoms with Crippen molar-refractivity contribution in [3.63, 3.8) is 0 Å². The van der Waals surface area contributed by atoms with Gasteiger partial charge in [0.1, 0.15) is 5.70 Å². The summed E-state index contributed by atoms with van der Waals surface area (Å²) in [5, 5.41) is 14.0. The van der Waals surface area contributed by atoms with Crippen molar-refractivity contribution >= 4 is 0 Å². The first-order chi connectivity index (χ1) is 8.77. The second kappa shape index (κ2) is 6.32. The monoisotopic (exact) mass is 252 g/mol. The number of rotatable bonds is 4. The zero-order valence-electron chi connectivity index (χ0n) is 10.0. The van der Waals surface area contributed by atoms with E-state index in [0.717, 1.165) is 12.8 Å². The Labute approximate surface area is 105 Å². The Hall–Kier alpha value is -1.66. The molecular weight excluding hydrogens is 236 g/mol. The summed E-state index contributed by atoms with van der Waals surface area (Å²) in [4.78, 5) is 10.6. The molecule has 0 aromatic rings. The van der Waals surface area contributed by atoms with Crippen LogP contribution in [0.5, 0.6) is 0 Å². The second-order valence-electron chi connectivity index (χ2n) is 3.98. The van der Waals surface area contributed by atoms with Gasteiger partial charge in [-0.2, -0.15) is 0 Å². The first kappa shape index (κ1) is 12.8. The SMILES string of the molecule is O=[N+]([O-])C1=C/C=C\CCC=C1NCC1OCCO1. The molecule has 18 heavy (non-hydrogen) atoms. The number of nitrogens with one attached hydrogen (secondary N) is 1. The molecule has 6 heteroatoms. The van der Waals surface area contributed by atoms with Crippen molar-refractivity contribution in [1.82, 2.24) is 5.32 Å². The Morgan fingerprint density at radius 1 is 1.39 bits per heavy atom. The fraction of sp³-hybridized carbons (Fsp3) is 0.500. The smallest absolute Gasteiger partial charge is 0.291 e. The highest BCUT2D eigenvalue weighted by molar-refractivity contribution is 5.28. The lowest BCUT2D eigenvalue weighted by atomic mass is 10.1. The molecule has 0 amide bonds. The molecule has 1 saturated heterocycles. The summed E-state index contributed by atoms with van der Waals surface area (Å²) in [5.41, 5.74) is 0.604. The second-order valence-corrected chi connectivity index (χ2v) is 3.98. The van der Waals surface area contributed by atoms with Crippen LogP contribution in [0.25, 0.3) is 0 Å². The highest BCUT2D eigenvalue weighted by atomic mass is 16.7. The van der Waals surface area contributed by atoms with Crippen molar-refractivity contribution in [3.05, 3.63) is 45.8 Å². The van der Waals surface area contributed by atoms with Crippen LogP contribution in [0.3, 0.4) is 0 Å². The normalized spacial score (nSPS) is 22.7. The van der Waals surface area contributed by atoms with Gasteiger partial charge in [0.05, 0.1) is 24.7 Å². The molecule has 98 valence electrons. The molecule has 0 aromatic carbocycles. The van der Waals surface area contributed by atoms with E-state index in [1.165, 1.54) is 6.08 Å². The van der Waals surface area contributed by atoms with Gasteiger partial charge in [-0.05, 0) is 12.8 Å². The summed E-state index contributed by atoms with van der Waals surface area (Å²) < 4.78 is 10.6. The quantitative estimate of drug-likeness (QED) is 0.603. The van der Waals surface area contributed by atoms with Crippen LogP contribution in [0, 0.1) is 10.1 Å². The van der Waals surface area contributed by atoms with E-state index in [1.54, 1.807) is 6.08 Å². The molecule has 0 spiro atoms. The molecule has 1 aliphatic heterocycles. The van der Waals surface area contributed by atoms with E-state index in [2.05, 4.69) is 5.32 Å². The molecule has 0 saturated carbocycles. The van der Waals surface area contributed by atoms with Gasteiger partial charge in [-0.25, -0.2) is 0 Å². The standard InChI is InChI=1S/C12H16N2O4/c15-14(16)11-6-4-2-1-3-5-10(11)13-9-12-17-7-8-18-12/h2,4-6,12-13H,1,3,7-9H2/b4-2-,10-5?,11-6?. The number of nitrogens with zero attached hydrogens (tertiary/aromatic N) is 1. The van der Waals surface area contributed by atoms with Crippen LogP contribution in [-0.2, 0) is 9.47 Å². The first-order valence-electron chi connectivity index (χ1n) is 5.96. The Balaban J connectivity index is 2.01. The van der Waals surface area contributed by atoms with Gasteiger partial charge in [0.25, 0.3) is 5.70 Å². The summed E-state index contributed by atoms with van der Waals surface area (Å²) in [6.07, 6.45) is 8.32. The molecule has 6 nitrogen and oxygen atoms in total. The van der Waals surface area contributed by atoms with Crippen LogP contribution >= 0.6 is 0 Å². The maximum absolute atomic E-state index is 11.0. The summed E-state index contributed by atoms with van der Waals surface area (Å²) in [6.45, 7) is 1.57. The summed E-state index contributed by atoms with van der Waals surface area (Å²) in [7, 11) is 0. The third-order valence-electron chi connectivity index (χ3n) is 2.69. The molecule has 0 aromatic heterocycles. The van der Waals surface area contributed by atoms with Gasteiger partial charge in [0.2, 0.25) is 0 Å². The van der Waals surface area contributed by atoms with Gasteiger partial charge in [-0.3, -0.25) is 10.1 Å². The zero-order chi connectivity index (χ0) is 12.8. The molecule has 2 aliphatic rings. The molecule has 1 heterocycles. The van der Waals surface area contributed by atoms with E-state index in [0.29, 0.717) is 25.5 Å². The molecule has 1 fully saturated rings. The van der Waals surface area contributed by atoms with Gasteiger partial charge in [-0.15, -0.1) is 0 Å². The minimum Gasteiger partial charge on any atom is -0.375 e. The lowest BCUT2D eigenvalue weighted by molar-refractivity contribution is -0.421. The van der Waals surface area contributed by atoms with Crippen molar-refractivity contribution < 1.29 is 14.4 Å². The number of nitro groups is 1. The first-order valence-corrected chi connectivity index (χ1v) is 5.96. The lowest BCUT2D eigenvalue weighted by Gasteiger charge is -2.13. The highest BCUT2D eigenvalue weighted by Gasteiger charge is 2.20. The fourth-order valence-corrected chi connectivity index (χ4v) is 1.81. The molecule has 1 N–H and O–H groups in total. The molecule has 0 radical (unpaired) electrons. The van der Waals surface area contributed by atoms with Crippen molar-refractivity contribution in [3.8, 4) is 0 Å². The third kappa shape index (κ3) is 3.41. The topological polar surface area (TPSA) is 73.6 Å². The molecule has 0 atom stereocenters. The minimum atomic E-state index is -0.384. The van der Waals surface area contributed by atoms with Crippen LogP contribution < -0.4 is 5.32 Å². The predicted octanol–water partition coefficient (Wildman–Crippen LogP) is 1.34. The van der Waals surface area contributed by atoms with Crippen LogP contribution in [0.4, 0.5) is 0 Å². The molecule has 0 bridgehead atoms. The van der Waals surface area contributed by atoms with Gasteiger partial charge in [0, 0.05) is 6.08 Å². The number of allylic oxidation sites excluding steroid dienone is 4. The number of hydrogen-bond donors (Lipinski definition) is 1. The third-order valence-corrected chi connectivity index (χ3v) is 2.69. The van der Waals surface area contributed by atoms with Crippen molar-refractivity contribution in [1.29, 1.82) is 0 Å². The summed E-state index contributed by atoms with van der Waals surface area (Å²) in [5.74, 6) is 0. The Morgan fingerprint density at radius 3 is 2.89 bits per heavy atom. The molecular formula is C12H16N2O4. The van der Waals surface area contributed by atoms with Gasteiger partial charge in [-0.1, -0.05) is 18.2 Å². The van der Waals surface area contributed by atoms with Crippen LogP contribution in [-0.4, -0.2) is 31.0 Å². The van der Waals surface area contributed by atoms with Gasteiger partial charge >= 0.3 is 0 Å². The lowest BCUT2D eigenvalue weighted by Crippen LogP contribution is -2.29. The maximum Gasteiger partial charge on any atom is 0.291 e. The maximum atomic E-state index is 11.0. The van der Waals surface area contributed by atoms with E-state index in [4.69, 9.17) is 9.47 Å². The van der Waals surface area contributed by atoms with E-state index in [9.17, 15) is 10.1 Å². The van der Waals surface area contributed by atoms with Gasteiger partial charge in [0.15, 0.2) is 6.29 Å². The Kier molecular flexibility index (Phi) is 4.49. The average Bonchev–Trinajstić information content (AvgIpc) is 2.80. The highest BCUT2D eigenvalue weighted by Crippen LogP contribution is 2.14. The molecule has 0 unspecified atom stereocenters. The largest absolute Gasteiger partial charge is 0.375 e. The van der Waals surface area contributed by atoms with Crippen LogP contribution in [0.2, 0.25) is 0 Å². The molecule has 1 aliphatic carbocycles.